The molecule has 0 radical (unpaired) electrons. The van der Waals surface area contributed by atoms with Gasteiger partial charge in [0.1, 0.15) is 4.90 Å². The average Bonchev–Trinajstić information content (AvgIpc) is 3.00. The molecule has 2 aromatic rings. The van der Waals surface area contributed by atoms with Crippen LogP contribution in [0, 0.1) is 0 Å². The van der Waals surface area contributed by atoms with Gasteiger partial charge in [-0.1, -0.05) is 15.9 Å². The molecule has 1 amide bonds. The van der Waals surface area contributed by atoms with E-state index in [1.54, 1.807) is 6.07 Å². The molecule has 0 fully saturated rings. The molecule has 1 aromatic carbocycles. The van der Waals surface area contributed by atoms with Gasteiger partial charge in [-0.3, -0.25) is 4.79 Å². The van der Waals surface area contributed by atoms with Gasteiger partial charge in [0, 0.05) is 27.2 Å². The van der Waals surface area contributed by atoms with Crippen LogP contribution in [0.15, 0.2) is 21.7 Å². The number of rotatable bonds is 7. The number of aromatic nitrogens is 2. The fourth-order valence-electron chi connectivity index (χ4n) is 1.84. The van der Waals surface area contributed by atoms with Crippen LogP contribution in [-0.4, -0.2) is 61.5 Å². The first kappa shape index (κ1) is 17.6. The Bertz CT molecular complexity index is 805. The molecule has 0 aliphatic heterocycles. The van der Waals surface area contributed by atoms with Crippen molar-refractivity contribution in [1.29, 1.82) is 0 Å². The van der Waals surface area contributed by atoms with Gasteiger partial charge in [-0.15, -0.1) is 0 Å². The summed E-state index contributed by atoms with van der Waals surface area (Å²) >= 11 is 3.05. The van der Waals surface area contributed by atoms with E-state index in [2.05, 4.69) is 41.5 Å². The molecular formula is C12H16BrN5O4S. The number of sulfonamides is 1. The minimum Gasteiger partial charge on any atom is -0.381 e. The summed E-state index contributed by atoms with van der Waals surface area (Å²) in [4.78, 5) is 11.1. The third-order valence-electron chi connectivity index (χ3n) is 3.02. The second kappa shape index (κ2) is 7.23. The van der Waals surface area contributed by atoms with E-state index in [9.17, 15) is 13.2 Å². The average molecular weight is 406 g/mol. The number of hydrogen-bond donors (Lipinski definition) is 2. The van der Waals surface area contributed by atoms with E-state index in [0.29, 0.717) is 24.3 Å². The summed E-state index contributed by atoms with van der Waals surface area (Å²) in [7, 11) is -0.773. The van der Waals surface area contributed by atoms with Crippen molar-refractivity contribution in [3.8, 4) is 0 Å². The van der Waals surface area contributed by atoms with Crippen LogP contribution in [0.2, 0.25) is 0 Å². The summed E-state index contributed by atoms with van der Waals surface area (Å²) in [6.45, 7) is 0.857. The van der Waals surface area contributed by atoms with Crippen LogP contribution in [0.3, 0.4) is 0 Å². The van der Waals surface area contributed by atoms with Gasteiger partial charge in [-0.05, 0) is 22.4 Å². The zero-order valence-corrected chi connectivity index (χ0v) is 14.9. The third kappa shape index (κ3) is 3.79. The number of amides is 1. The van der Waals surface area contributed by atoms with Crippen LogP contribution < -0.4 is 10.6 Å². The maximum absolute atomic E-state index is 12.3. The van der Waals surface area contributed by atoms with E-state index in [1.165, 1.54) is 20.2 Å². The summed E-state index contributed by atoms with van der Waals surface area (Å²) in [5.74, 6) is -0.118. The Morgan fingerprint density at radius 2 is 1.96 bits per heavy atom. The third-order valence-corrected chi connectivity index (χ3v) is 5.38. The van der Waals surface area contributed by atoms with Crippen molar-refractivity contribution in [2.24, 2.45) is 0 Å². The second-order valence-corrected chi connectivity index (χ2v) is 7.45. The highest BCUT2D eigenvalue weighted by Crippen LogP contribution is 2.27. The number of anilines is 1. The molecule has 126 valence electrons. The van der Waals surface area contributed by atoms with Crippen LogP contribution >= 0.6 is 15.9 Å². The number of nitrogens with zero attached hydrogens (tertiary/aromatic N) is 3. The van der Waals surface area contributed by atoms with Gasteiger partial charge in [0.2, 0.25) is 15.9 Å². The van der Waals surface area contributed by atoms with Crippen LogP contribution in [0.5, 0.6) is 0 Å². The molecule has 1 heterocycles. The van der Waals surface area contributed by atoms with Gasteiger partial charge in [-0.25, -0.2) is 17.4 Å². The standard InChI is InChI=1S/C12H16BrN5O4S/c1-18(2)23(20,21)9-4-3-8(11-12(9)17-22-16-11)14-5-6-15-10(19)7-13/h3-4,14H,5-7H2,1-2H3,(H,15,19). The summed E-state index contributed by atoms with van der Waals surface area (Å²) in [6, 6.07) is 3.04. The normalized spacial score (nSPS) is 11.8. The lowest BCUT2D eigenvalue weighted by Gasteiger charge is -2.12. The number of carbonyl (C=O) groups is 1. The number of carbonyl (C=O) groups excluding carboxylic acids is 1. The molecule has 2 N–H and O–H groups in total. The first-order valence-corrected chi connectivity index (χ1v) is 9.18. The van der Waals surface area contributed by atoms with Gasteiger partial charge in [-0.2, -0.15) is 0 Å². The van der Waals surface area contributed by atoms with Gasteiger partial charge in [0.25, 0.3) is 0 Å². The molecule has 11 heteroatoms. The molecule has 2 rings (SSSR count). The monoisotopic (exact) mass is 405 g/mol. The fourth-order valence-corrected chi connectivity index (χ4v) is 3.05. The molecule has 0 atom stereocenters. The van der Waals surface area contributed by atoms with Gasteiger partial charge in [0.15, 0.2) is 11.0 Å². The summed E-state index contributed by atoms with van der Waals surface area (Å²) in [6.07, 6.45) is 0. The number of fused-ring (bicyclic) bond motifs is 1. The lowest BCUT2D eigenvalue weighted by atomic mass is 10.2. The van der Waals surface area contributed by atoms with Crippen LogP contribution in [0.1, 0.15) is 0 Å². The van der Waals surface area contributed by atoms with Gasteiger partial charge < -0.3 is 10.6 Å². The summed E-state index contributed by atoms with van der Waals surface area (Å²) in [5.41, 5.74) is 1.06. The van der Waals surface area contributed by atoms with Crippen molar-refractivity contribution in [3.63, 3.8) is 0 Å². The van der Waals surface area contributed by atoms with Crippen molar-refractivity contribution in [3.05, 3.63) is 12.1 Å². The highest BCUT2D eigenvalue weighted by molar-refractivity contribution is 9.09. The van der Waals surface area contributed by atoms with Crippen molar-refractivity contribution in [2.45, 2.75) is 4.90 Å². The summed E-state index contributed by atoms with van der Waals surface area (Å²) in [5, 5.41) is 13.4. The minimum absolute atomic E-state index is 0.0249. The fraction of sp³-hybridized carbons (Fsp3) is 0.417. The highest BCUT2D eigenvalue weighted by atomic mass is 79.9. The van der Waals surface area contributed by atoms with Gasteiger partial charge >= 0.3 is 0 Å². The predicted octanol–water partition coefficient (Wildman–Crippen LogP) is 0.396. The SMILES string of the molecule is CN(C)S(=O)(=O)c1ccc(NCCNC(=O)CBr)c2nonc12. The molecule has 23 heavy (non-hydrogen) atoms. The maximum atomic E-state index is 12.3. The largest absolute Gasteiger partial charge is 0.381 e. The van der Waals surface area contributed by atoms with Gasteiger partial charge in [0.05, 0.1) is 11.0 Å². The molecule has 0 spiro atoms. The Hall–Kier alpha value is -1.72. The number of hydrogen-bond acceptors (Lipinski definition) is 7. The lowest BCUT2D eigenvalue weighted by Crippen LogP contribution is -2.29. The predicted molar refractivity (Wildman–Crippen MR) is 88.0 cm³/mol. The molecule has 0 aliphatic rings. The zero-order chi connectivity index (χ0) is 17.0. The smallest absolute Gasteiger partial charge is 0.244 e. The molecule has 0 saturated heterocycles. The Labute approximate surface area is 141 Å². The number of nitrogens with one attached hydrogen (secondary N) is 2. The van der Waals surface area contributed by atoms with Crippen LogP contribution in [0.4, 0.5) is 5.69 Å². The van der Waals surface area contributed by atoms with E-state index in [0.717, 1.165) is 4.31 Å². The summed E-state index contributed by atoms with van der Waals surface area (Å²) < 4.78 is 30.3. The highest BCUT2D eigenvalue weighted by Gasteiger charge is 2.24. The van der Waals surface area contributed by atoms with E-state index >= 15 is 0 Å². The number of halogens is 1. The van der Waals surface area contributed by atoms with Crippen LogP contribution in [0.25, 0.3) is 11.0 Å². The van der Waals surface area contributed by atoms with Crippen molar-refractivity contribution < 1.29 is 17.8 Å². The van der Waals surface area contributed by atoms with Crippen molar-refractivity contribution in [1.82, 2.24) is 19.9 Å². The molecule has 1 aromatic heterocycles. The molecule has 0 saturated carbocycles. The van der Waals surface area contributed by atoms with Crippen molar-refractivity contribution >= 4 is 48.6 Å². The van der Waals surface area contributed by atoms with E-state index in [1.807, 2.05) is 0 Å². The molecular weight excluding hydrogens is 390 g/mol. The second-order valence-electron chi connectivity index (χ2n) is 4.77. The molecule has 0 aliphatic carbocycles. The van der Waals surface area contributed by atoms with E-state index in [-0.39, 0.29) is 21.6 Å². The molecule has 0 bridgehead atoms. The van der Waals surface area contributed by atoms with E-state index in [4.69, 9.17) is 0 Å². The maximum Gasteiger partial charge on any atom is 0.244 e. The Morgan fingerprint density at radius 3 is 2.61 bits per heavy atom. The number of benzene rings is 1. The topological polar surface area (TPSA) is 117 Å². The first-order valence-electron chi connectivity index (χ1n) is 6.62. The van der Waals surface area contributed by atoms with Crippen molar-refractivity contribution in [2.75, 3.05) is 37.8 Å². The first-order chi connectivity index (χ1) is 10.9. The molecule has 9 nitrogen and oxygen atoms in total. The lowest BCUT2D eigenvalue weighted by molar-refractivity contribution is -0.118. The molecule has 0 unspecified atom stereocenters. The Kier molecular flexibility index (Phi) is 5.55. The van der Waals surface area contributed by atoms with E-state index < -0.39 is 10.0 Å². The Balaban J connectivity index is 2.22. The Morgan fingerprint density at radius 1 is 1.26 bits per heavy atom. The minimum atomic E-state index is -3.65. The van der Waals surface area contributed by atoms with Crippen LogP contribution in [-0.2, 0) is 14.8 Å². The zero-order valence-electron chi connectivity index (χ0n) is 12.5. The quantitative estimate of drug-likeness (QED) is 0.505. The number of alkyl halides is 1.